The zero-order chi connectivity index (χ0) is 14.4. The number of carbonyl (C=O) groups is 1. The molecule has 0 bridgehead atoms. The van der Waals surface area contributed by atoms with Crippen LogP contribution in [0.25, 0.3) is 6.08 Å². The molecule has 0 unspecified atom stereocenters. The third kappa shape index (κ3) is 4.09. The number of nitrogens with one attached hydrogen (secondary N) is 1. The lowest BCUT2D eigenvalue weighted by Gasteiger charge is -2.36. The summed E-state index contributed by atoms with van der Waals surface area (Å²) >= 11 is 5.81. The van der Waals surface area contributed by atoms with Crippen LogP contribution in [0.1, 0.15) is 37.7 Å². The quantitative estimate of drug-likeness (QED) is 0.838. The fourth-order valence-electron chi connectivity index (χ4n) is 2.60. The normalized spacial score (nSPS) is 18.1. The average molecular weight is 294 g/mol. The van der Waals surface area contributed by atoms with Crippen LogP contribution in [0.5, 0.6) is 0 Å². The van der Waals surface area contributed by atoms with Gasteiger partial charge in [-0.05, 0) is 36.6 Å². The summed E-state index contributed by atoms with van der Waals surface area (Å²) in [6, 6.07) is 7.29. The van der Waals surface area contributed by atoms with Crippen LogP contribution in [0.2, 0.25) is 5.02 Å². The van der Waals surface area contributed by atoms with E-state index in [1.807, 2.05) is 12.1 Å². The second-order valence-electron chi connectivity index (χ2n) is 5.37. The number of carbonyl (C=O) groups excluding carboxylic acids is 1. The molecule has 0 spiro atoms. The van der Waals surface area contributed by atoms with Crippen molar-refractivity contribution in [2.45, 2.75) is 37.6 Å². The molecular formula is C16H20ClNO2. The van der Waals surface area contributed by atoms with Crippen LogP contribution < -0.4 is 5.32 Å². The Morgan fingerprint density at radius 3 is 2.50 bits per heavy atom. The number of rotatable bonds is 4. The van der Waals surface area contributed by atoms with Crippen molar-refractivity contribution in [2.75, 3.05) is 6.61 Å². The third-order valence-corrected chi connectivity index (χ3v) is 4.05. The Labute approximate surface area is 124 Å². The van der Waals surface area contributed by atoms with Crippen molar-refractivity contribution in [1.29, 1.82) is 0 Å². The van der Waals surface area contributed by atoms with Gasteiger partial charge in [0.1, 0.15) is 0 Å². The third-order valence-electron chi connectivity index (χ3n) is 3.80. The fourth-order valence-corrected chi connectivity index (χ4v) is 2.73. The Balaban J connectivity index is 1.95. The predicted octanol–water partition coefficient (Wildman–Crippen LogP) is 3.16. The first-order valence-electron chi connectivity index (χ1n) is 7.00. The van der Waals surface area contributed by atoms with E-state index in [4.69, 9.17) is 11.6 Å². The maximum Gasteiger partial charge on any atom is 0.244 e. The van der Waals surface area contributed by atoms with E-state index in [9.17, 15) is 9.90 Å². The number of amides is 1. The number of halogens is 1. The van der Waals surface area contributed by atoms with E-state index in [2.05, 4.69) is 5.32 Å². The van der Waals surface area contributed by atoms with Gasteiger partial charge < -0.3 is 10.4 Å². The highest BCUT2D eigenvalue weighted by Crippen LogP contribution is 2.27. The Morgan fingerprint density at radius 2 is 1.90 bits per heavy atom. The average Bonchev–Trinajstić information content (AvgIpc) is 2.47. The van der Waals surface area contributed by atoms with Crippen molar-refractivity contribution >= 4 is 23.6 Å². The zero-order valence-corrected chi connectivity index (χ0v) is 12.2. The van der Waals surface area contributed by atoms with Gasteiger partial charge in [-0.3, -0.25) is 4.79 Å². The van der Waals surface area contributed by atoms with Crippen LogP contribution in [-0.2, 0) is 4.79 Å². The molecule has 2 rings (SSSR count). The first-order valence-corrected chi connectivity index (χ1v) is 7.38. The minimum Gasteiger partial charge on any atom is -0.394 e. The molecule has 2 N–H and O–H groups in total. The van der Waals surface area contributed by atoms with Crippen molar-refractivity contribution in [3.8, 4) is 0 Å². The largest absolute Gasteiger partial charge is 0.394 e. The minimum atomic E-state index is -0.431. The highest BCUT2D eigenvalue weighted by molar-refractivity contribution is 6.30. The number of aliphatic hydroxyl groups is 1. The van der Waals surface area contributed by atoms with Gasteiger partial charge in [0, 0.05) is 11.1 Å². The van der Waals surface area contributed by atoms with Crippen molar-refractivity contribution in [2.24, 2.45) is 0 Å². The summed E-state index contributed by atoms with van der Waals surface area (Å²) in [5.41, 5.74) is 0.492. The number of hydrogen-bond donors (Lipinski definition) is 2. The monoisotopic (exact) mass is 293 g/mol. The van der Waals surface area contributed by atoms with Gasteiger partial charge in [-0.2, -0.15) is 0 Å². The van der Waals surface area contributed by atoms with Gasteiger partial charge in [-0.1, -0.05) is 43.0 Å². The summed E-state index contributed by atoms with van der Waals surface area (Å²) in [5.74, 6) is -0.157. The molecule has 1 amide bonds. The molecule has 1 aliphatic rings. The van der Waals surface area contributed by atoms with Gasteiger partial charge in [-0.25, -0.2) is 0 Å². The van der Waals surface area contributed by atoms with Crippen LogP contribution >= 0.6 is 11.6 Å². The Kier molecular flexibility index (Phi) is 5.21. The van der Waals surface area contributed by atoms with E-state index in [-0.39, 0.29) is 12.5 Å². The highest BCUT2D eigenvalue weighted by atomic mass is 35.5. The number of benzene rings is 1. The second-order valence-corrected chi connectivity index (χ2v) is 5.81. The molecule has 3 nitrogen and oxygen atoms in total. The van der Waals surface area contributed by atoms with E-state index in [1.54, 1.807) is 18.2 Å². The van der Waals surface area contributed by atoms with E-state index >= 15 is 0 Å². The summed E-state index contributed by atoms with van der Waals surface area (Å²) in [7, 11) is 0. The standard InChI is InChI=1S/C16H20ClNO2/c17-14-7-4-13(5-8-14)6-9-15(20)18-16(12-19)10-2-1-3-11-16/h4-9,19H,1-3,10-12H2,(H,18,20). The maximum absolute atomic E-state index is 12.0. The Morgan fingerprint density at radius 1 is 1.25 bits per heavy atom. The molecule has 0 atom stereocenters. The van der Waals surface area contributed by atoms with E-state index in [0.29, 0.717) is 5.02 Å². The highest BCUT2D eigenvalue weighted by Gasteiger charge is 2.32. The molecule has 1 saturated carbocycles. The van der Waals surface area contributed by atoms with Gasteiger partial charge in [0.25, 0.3) is 0 Å². The Hall–Kier alpha value is -1.32. The molecule has 0 saturated heterocycles. The SMILES string of the molecule is O=C(C=Cc1ccc(Cl)cc1)NC1(CO)CCCCC1. The van der Waals surface area contributed by atoms with Crippen molar-refractivity contribution in [3.63, 3.8) is 0 Å². The molecule has 4 heteroatoms. The van der Waals surface area contributed by atoms with Crippen LogP contribution in [0.4, 0.5) is 0 Å². The molecule has 20 heavy (non-hydrogen) atoms. The fraction of sp³-hybridized carbons (Fsp3) is 0.438. The lowest BCUT2D eigenvalue weighted by molar-refractivity contribution is -0.119. The number of aliphatic hydroxyl groups excluding tert-OH is 1. The molecule has 1 aromatic carbocycles. The van der Waals surface area contributed by atoms with Gasteiger partial charge in [0.15, 0.2) is 0 Å². The summed E-state index contributed by atoms with van der Waals surface area (Å²) in [4.78, 5) is 12.0. The molecular weight excluding hydrogens is 274 g/mol. The van der Waals surface area contributed by atoms with Crippen LogP contribution in [0, 0.1) is 0 Å². The summed E-state index contributed by atoms with van der Waals surface area (Å²) in [5, 5.41) is 13.2. The summed E-state index contributed by atoms with van der Waals surface area (Å²) in [6.07, 6.45) is 8.25. The first kappa shape index (κ1) is 15.1. The second kappa shape index (κ2) is 6.91. The van der Waals surface area contributed by atoms with E-state index in [0.717, 1.165) is 31.2 Å². The molecule has 1 aromatic rings. The van der Waals surface area contributed by atoms with Gasteiger partial charge in [-0.15, -0.1) is 0 Å². The smallest absolute Gasteiger partial charge is 0.244 e. The first-order chi connectivity index (χ1) is 9.63. The lowest BCUT2D eigenvalue weighted by Crippen LogP contribution is -2.52. The molecule has 0 aliphatic heterocycles. The topological polar surface area (TPSA) is 49.3 Å². The molecule has 1 fully saturated rings. The van der Waals surface area contributed by atoms with E-state index in [1.165, 1.54) is 12.5 Å². The minimum absolute atomic E-state index is 0.00747. The molecule has 0 heterocycles. The molecule has 0 radical (unpaired) electrons. The van der Waals surface area contributed by atoms with Crippen LogP contribution in [0.3, 0.4) is 0 Å². The number of hydrogen-bond acceptors (Lipinski definition) is 2. The van der Waals surface area contributed by atoms with Crippen LogP contribution in [-0.4, -0.2) is 23.2 Å². The predicted molar refractivity (Wildman–Crippen MR) is 81.5 cm³/mol. The lowest BCUT2D eigenvalue weighted by atomic mass is 9.82. The zero-order valence-electron chi connectivity index (χ0n) is 11.4. The molecule has 108 valence electrons. The molecule has 0 aromatic heterocycles. The van der Waals surface area contributed by atoms with Gasteiger partial charge >= 0.3 is 0 Å². The maximum atomic E-state index is 12.0. The van der Waals surface area contributed by atoms with Crippen molar-refractivity contribution < 1.29 is 9.90 Å². The van der Waals surface area contributed by atoms with Crippen LogP contribution in [0.15, 0.2) is 30.3 Å². The van der Waals surface area contributed by atoms with Gasteiger partial charge in [0.2, 0.25) is 5.91 Å². The van der Waals surface area contributed by atoms with Crippen molar-refractivity contribution in [1.82, 2.24) is 5.32 Å². The summed E-state index contributed by atoms with van der Waals surface area (Å²) in [6.45, 7) is 0.00747. The van der Waals surface area contributed by atoms with E-state index < -0.39 is 5.54 Å². The molecule has 1 aliphatic carbocycles. The van der Waals surface area contributed by atoms with Gasteiger partial charge in [0.05, 0.1) is 12.1 Å². The summed E-state index contributed by atoms with van der Waals surface area (Å²) < 4.78 is 0. The van der Waals surface area contributed by atoms with Crippen molar-refractivity contribution in [3.05, 3.63) is 40.9 Å². The Bertz CT molecular complexity index is 476.